The van der Waals surface area contributed by atoms with Crippen molar-refractivity contribution in [2.75, 3.05) is 13.2 Å². The zero-order chi connectivity index (χ0) is 24.2. The van der Waals surface area contributed by atoms with Crippen molar-refractivity contribution in [3.63, 3.8) is 0 Å². The maximum atomic E-state index is 13.5. The van der Waals surface area contributed by atoms with Crippen molar-refractivity contribution in [2.45, 2.75) is 38.8 Å². The highest BCUT2D eigenvalue weighted by molar-refractivity contribution is 6.31. The number of carboxylic acids is 1. The van der Waals surface area contributed by atoms with Crippen molar-refractivity contribution >= 4 is 29.2 Å². The van der Waals surface area contributed by atoms with E-state index in [9.17, 15) is 14.3 Å². The van der Waals surface area contributed by atoms with Crippen LogP contribution in [0.25, 0.3) is 0 Å². The quantitative estimate of drug-likeness (QED) is 0.381. The molecule has 1 atom stereocenters. The van der Waals surface area contributed by atoms with Gasteiger partial charge in [0.05, 0.1) is 34.6 Å². The first-order valence-electron chi connectivity index (χ1n) is 11.1. The van der Waals surface area contributed by atoms with Gasteiger partial charge in [0.15, 0.2) is 0 Å². The molecule has 1 aliphatic rings. The molecule has 2 heterocycles. The lowest BCUT2D eigenvalue weighted by atomic mass is 10.1. The predicted octanol–water partition coefficient (Wildman–Crippen LogP) is 6.49. The smallest absolute Gasteiger partial charge is 0.337 e. The van der Waals surface area contributed by atoms with Crippen LogP contribution in [0.15, 0.2) is 48.5 Å². The van der Waals surface area contributed by atoms with E-state index < -0.39 is 11.8 Å². The van der Waals surface area contributed by atoms with Crippen LogP contribution in [0.4, 0.5) is 4.39 Å². The van der Waals surface area contributed by atoms with Gasteiger partial charge in [-0.05, 0) is 79.9 Å². The number of hydrogen-bond donors (Lipinski definition) is 1. The van der Waals surface area contributed by atoms with E-state index in [4.69, 9.17) is 32.9 Å². The molecule has 0 unspecified atom stereocenters. The highest BCUT2D eigenvalue weighted by Gasteiger charge is 2.28. The maximum Gasteiger partial charge on any atom is 0.337 e. The fourth-order valence-electron chi connectivity index (χ4n) is 4.28. The van der Waals surface area contributed by atoms with E-state index in [1.54, 1.807) is 36.4 Å². The van der Waals surface area contributed by atoms with Crippen molar-refractivity contribution in [1.29, 1.82) is 0 Å². The van der Waals surface area contributed by atoms with Gasteiger partial charge in [-0.1, -0.05) is 29.3 Å². The number of aryl methyl sites for hydroxylation is 1. The van der Waals surface area contributed by atoms with E-state index >= 15 is 0 Å². The average Bonchev–Trinajstić information content (AvgIpc) is 3.26. The number of aromatic nitrogens is 1. The maximum absolute atomic E-state index is 13.5. The third kappa shape index (κ3) is 5.69. The molecule has 34 heavy (non-hydrogen) atoms. The minimum atomic E-state index is -1.01. The van der Waals surface area contributed by atoms with E-state index in [2.05, 4.69) is 4.90 Å². The zero-order valence-corrected chi connectivity index (χ0v) is 20.2. The fourth-order valence-corrected chi connectivity index (χ4v) is 4.61. The number of ether oxygens (including phenoxy) is 1. The Morgan fingerprint density at radius 2 is 2.00 bits per heavy atom. The van der Waals surface area contributed by atoms with Crippen LogP contribution in [0.5, 0.6) is 5.75 Å². The molecule has 178 valence electrons. The predicted molar refractivity (Wildman–Crippen MR) is 130 cm³/mol. The third-order valence-electron chi connectivity index (χ3n) is 6.04. The first-order valence-corrected chi connectivity index (χ1v) is 11.9. The molecular formula is C26H25Cl2FN2O3. The zero-order valence-electron chi connectivity index (χ0n) is 18.7. The number of benzene rings is 2. The summed E-state index contributed by atoms with van der Waals surface area (Å²) in [5.41, 5.74) is 3.33. The molecule has 0 spiro atoms. The topological polar surface area (TPSA) is 62.7 Å². The lowest BCUT2D eigenvalue weighted by molar-refractivity contribution is 0.0694. The van der Waals surface area contributed by atoms with Crippen molar-refractivity contribution in [3.8, 4) is 5.75 Å². The monoisotopic (exact) mass is 502 g/mol. The summed E-state index contributed by atoms with van der Waals surface area (Å²) in [4.78, 5) is 18.8. The Kier molecular flexibility index (Phi) is 7.71. The van der Waals surface area contributed by atoms with E-state index in [1.807, 2.05) is 13.0 Å². The highest BCUT2D eigenvalue weighted by Crippen LogP contribution is 2.33. The number of halogens is 3. The van der Waals surface area contributed by atoms with Crippen LogP contribution in [0.3, 0.4) is 0 Å². The van der Waals surface area contributed by atoms with Gasteiger partial charge < -0.3 is 9.84 Å². The standard InChI is InChI=1S/C26H25Cl2FN2O3/c1-16-13-18(5-7-20(16)27)34-12-10-23-19(26(32)33)6-9-24(30-23)25-3-2-11-31(25)15-17-4-8-22(29)21(28)14-17/h4-9,13-14,25H,2-3,10-12,15H2,1H3,(H,32,33)/t25-/m0/s1. The lowest BCUT2D eigenvalue weighted by Crippen LogP contribution is -2.24. The molecule has 0 amide bonds. The summed E-state index contributed by atoms with van der Waals surface area (Å²) in [5.74, 6) is -0.773. The minimum absolute atomic E-state index is 0.0465. The molecular weight excluding hydrogens is 478 g/mol. The Labute approximate surface area is 208 Å². The molecule has 0 saturated carbocycles. The molecule has 8 heteroatoms. The van der Waals surface area contributed by atoms with Crippen LogP contribution in [0, 0.1) is 12.7 Å². The number of pyridine rings is 1. The van der Waals surface area contributed by atoms with Gasteiger partial charge in [0.25, 0.3) is 0 Å². The van der Waals surface area contributed by atoms with Gasteiger partial charge in [0.2, 0.25) is 0 Å². The second-order valence-electron chi connectivity index (χ2n) is 8.42. The van der Waals surface area contributed by atoms with Crippen molar-refractivity contribution in [2.24, 2.45) is 0 Å². The second kappa shape index (κ2) is 10.7. The molecule has 1 fully saturated rings. The largest absolute Gasteiger partial charge is 0.493 e. The molecule has 3 aromatic rings. The molecule has 1 N–H and O–H groups in total. The van der Waals surface area contributed by atoms with Crippen molar-refractivity contribution < 1.29 is 19.0 Å². The van der Waals surface area contributed by atoms with E-state index in [0.717, 1.165) is 36.2 Å². The van der Waals surface area contributed by atoms with Gasteiger partial charge in [0.1, 0.15) is 11.6 Å². The summed E-state index contributed by atoms with van der Waals surface area (Å²) >= 11 is 12.0. The van der Waals surface area contributed by atoms with Crippen LogP contribution in [0.2, 0.25) is 10.0 Å². The minimum Gasteiger partial charge on any atom is -0.493 e. The molecule has 2 aromatic carbocycles. The molecule has 0 bridgehead atoms. The Morgan fingerprint density at radius 1 is 1.18 bits per heavy atom. The summed E-state index contributed by atoms with van der Waals surface area (Å²) in [7, 11) is 0. The normalized spacial score (nSPS) is 16.1. The van der Waals surface area contributed by atoms with Crippen LogP contribution >= 0.6 is 23.2 Å². The molecule has 1 aliphatic heterocycles. The van der Waals surface area contributed by atoms with Gasteiger partial charge in [0, 0.05) is 18.0 Å². The Morgan fingerprint density at radius 3 is 2.74 bits per heavy atom. The van der Waals surface area contributed by atoms with Crippen LogP contribution in [-0.4, -0.2) is 34.1 Å². The Bertz CT molecular complexity index is 1200. The number of aromatic carboxylic acids is 1. The molecule has 1 saturated heterocycles. The van der Waals surface area contributed by atoms with E-state index in [1.165, 1.54) is 6.07 Å². The molecule has 1 aromatic heterocycles. The SMILES string of the molecule is Cc1cc(OCCc2nc([C@@H]3CCCN3Cc3ccc(F)c(Cl)c3)ccc2C(=O)O)ccc1Cl. The third-order valence-corrected chi connectivity index (χ3v) is 6.75. The number of carboxylic acid groups (broad SMARTS) is 1. The molecule has 5 nitrogen and oxygen atoms in total. The summed E-state index contributed by atoms with van der Waals surface area (Å²) in [5, 5.41) is 10.4. The van der Waals surface area contributed by atoms with E-state index in [-0.39, 0.29) is 16.6 Å². The number of likely N-dealkylation sites (tertiary alicyclic amines) is 1. The van der Waals surface area contributed by atoms with E-state index in [0.29, 0.717) is 36.0 Å². The van der Waals surface area contributed by atoms with Crippen LogP contribution in [0.1, 0.15) is 51.8 Å². The number of rotatable bonds is 8. The Hall–Kier alpha value is -2.67. The summed E-state index contributed by atoms with van der Waals surface area (Å²) < 4.78 is 19.4. The van der Waals surface area contributed by atoms with Gasteiger partial charge in [-0.2, -0.15) is 0 Å². The number of carbonyl (C=O) groups is 1. The summed E-state index contributed by atoms with van der Waals surface area (Å²) in [6.07, 6.45) is 2.27. The van der Waals surface area contributed by atoms with Crippen LogP contribution < -0.4 is 4.74 Å². The summed E-state index contributed by atoms with van der Waals surface area (Å²) in [6, 6.07) is 13.6. The number of hydrogen-bond acceptors (Lipinski definition) is 4. The fraction of sp³-hybridized carbons (Fsp3) is 0.308. The van der Waals surface area contributed by atoms with Gasteiger partial charge in [-0.3, -0.25) is 9.88 Å². The van der Waals surface area contributed by atoms with Gasteiger partial charge >= 0.3 is 5.97 Å². The first-order chi connectivity index (χ1) is 16.3. The first kappa shape index (κ1) is 24.5. The molecule has 0 aliphatic carbocycles. The highest BCUT2D eigenvalue weighted by atomic mass is 35.5. The summed E-state index contributed by atoms with van der Waals surface area (Å²) in [6.45, 7) is 3.67. The molecule has 0 radical (unpaired) electrons. The Balaban J connectivity index is 1.50. The lowest BCUT2D eigenvalue weighted by Gasteiger charge is -2.25. The van der Waals surface area contributed by atoms with Gasteiger partial charge in [-0.25, -0.2) is 9.18 Å². The van der Waals surface area contributed by atoms with Crippen molar-refractivity contribution in [1.82, 2.24) is 9.88 Å². The number of nitrogens with zero attached hydrogens (tertiary/aromatic N) is 2. The second-order valence-corrected chi connectivity index (χ2v) is 9.24. The van der Waals surface area contributed by atoms with Gasteiger partial charge in [-0.15, -0.1) is 0 Å². The van der Waals surface area contributed by atoms with Crippen LogP contribution in [-0.2, 0) is 13.0 Å². The average molecular weight is 503 g/mol. The molecule has 4 rings (SSSR count). The van der Waals surface area contributed by atoms with Crippen molar-refractivity contribution in [3.05, 3.63) is 92.5 Å².